The van der Waals surface area contributed by atoms with Crippen LogP contribution in [0.1, 0.15) is 11.3 Å². The third kappa shape index (κ3) is 3.43. The van der Waals surface area contributed by atoms with E-state index in [9.17, 15) is 4.79 Å². The van der Waals surface area contributed by atoms with Gasteiger partial charge >= 0.3 is 0 Å². The van der Waals surface area contributed by atoms with Gasteiger partial charge in [0.25, 0.3) is 5.56 Å². The second-order valence-corrected chi connectivity index (χ2v) is 6.95. The predicted molar refractivity (Wildman–Crippen MR) is 116 cm³/mol. The maximum Gasteiger partial charge on any atom is 0.297 e. The molecule has 2 heterocycles. The largest absolute Gasteiger partial charge is 0.497 e. The number of hydrogen-bond donors (Lipinski definition) is 0. The molecule has 4 rings (SSSR count). The molecule has 0 amide bonds. The van der Waals surface area contributed by atoms with Crippen molar-refractivity contribution < 1.29 is 4.74 Å². The van der Waals surface area contributed by atoms with Crippen molar-refractivity contribution >= 4 is 34.4 Å². The van der Waals surface area contributed by atoms with Crippen LogP contribution >= 0.6 is 11.6 Å². The molecule has 0 N–H and O–H groups in total. The van der Waals surface area contributed by atoms with Crippen molar-refractivity contribution in [3.8, 4) is 11.4 Å². The van der Waals surface area contributed by atoms with Gasteiger partial charge in [-0.25, -0.2) is 14.7 Å². The molecule has 0 saturated carbocycles. The van der Waals surface area contributed by atoms with Crippen LogP contribution < -0.4 is 10.3 Å². The Bertz CT molecular complexity index is 1290. The summed E-state index contributed by atoms with van der Waals surface area (Å²) in [6.45, 7) is 1.86. The summed E-state index contributed by atoms with van der Waals surface area (Å²) in [4.78, 5) is 21.8. The van der Waals surface area contributed by atoms with Gasteiger partial charge in [-0.15, -0.1) is 0 Å². The lowest BCUT2D eigenvalue weighted by molar-refractivity contribution is 0.415. The predicted octanol–water partition coefficient (Wildman–Crippen LogP) is 4.45. The fourth-order valence-corrected chi connectivity index (χ4v) is 3.39. The summed E-state index contributed by atoms with van der Waals surface area (Å²) in [6.07, 6.45) is 1.58. The van der Waals surface area contributed by atoms with Gasteiger partial charge in [0.05, 0.1) is 24.0 Å². The van der Waals surface area contributed by atoms with Crippen LogP contribution in [0, 0.1) is 6.92 Å². The summed E-state index contributed by atoms with van der Waals surface area (Å²) in [5.74, 6) is 0.712. The Hall–Kier alpha value is -3.38. The van der Waals surface area contributed by atoms with Gasteiger partial charge in [-0.3, -0.25) is 9.48 Å². The molecular weight excluding hydrogens is 388 g/mol. The molecule has 29 heavy (non-hydrogen) atoms. The van der Waals surface area contributed by atoms with E-state index in [2.05, 4.69) is 9.98 Å². The van der Waals surface area contributed by atoms with Gasteiger partial charge < -0.3 is 4.74 Å². The van der Waals surface area contributed by atoms with Gasteiger partial charge in [-0.2, -0.15) is 0 Å². The molecule has 7 heteroatoms. The van der Waals surface area contributed by atoms with E-state index in [0.717, 1.165) is 22.3 Å². The first kappa shape index (κ1) is 19.0. The lowest BCUT2D eigenvalue weighted by atomic mass is 10.1. The third-order valence-electron chi connectivity index (χ3n) is 4.86. The van der Waals surface area contributed by atoms with Crippen LogP contribution in [-0.4, -0.2) is 27.7 Å². The highest BCUT2D eigenvalue weighted by molar-refractivity contribution is 6.32. The summed E-state index contributed by atoms with van der Waals surface area (Å²) < 4.78 is 8.61. The molecule has 0 fully saturated rings. The average molecular weight is 407 g/mol. The van der Waals surface area contributed by atoms with E-state index in [1.165, 1.54) is 0 Å². The second-order valence-electron chi connectivity index (χ2n) is 6.60. The fraction of sp³-hybridized carbons (Fsp3) is 0.136. The molecule has 0 atom stereocenters. The summed E-state index contributed by atoms with van der Waals surface area (Å²) in [6, 6.07) is 16.9. The standard InChI is InChI=1S/C22H19ClN4O2/c1-14-20(22(28)27(26(14)2)17-7-5-4-6-8-17)24-13-16-11-15-9-10-18(29-3)12-19(15)25-21(16)23/h4-13H,1-3H3. The summed E-state index contributed by atoms with van der Waals surface area (Å²) in [7, 11) is 3.44. The molecule has 4 aromatic rings. The topological polar surface area (TPSA) is 61.4 Å². The molecule has 2 aromatic carbocycles. The number of hydrogen-bond acceptors (Lipinski definition) is 4. The first-order chi connectivity index (χ1) is 14.0. The van der Waals surface area contributed by atoms with Gasteiger partial charge in [0.2, 0.25) is 0 Å². The van der Waals surface area contributed by atoms with Gasteiger partial charge in [0, 0.05) is 30.3 Å². The number of para-hydroxylation sites is 1. The van der Waals surface area contributed by atoms with Crippen molar-refractivity contribution in [1.29, 1.82) is 0 Å². The summed E-state index contributed by atoms with van der Waals surface area (Å²) >= 11 is 6.35. The minimum absolute atomic E-state index is 0.193. The molecule has 0 saturated heterocycles. The van der Waals surface area contributed by atoms with Crippen molar-refractivity contribution in [3.63, 3.8) is 0 Å². The molecule has 0 bridgehead atoms. The van der Waals surface area contributed by atoms with Crippen LogP contribution in [0.5, 0.6) is 5.75 Å². The Kier molecular flexibility index (Phi) is 4.94. The van der Waals surface area contributed by atoms with Crippen LogP contribution in [0.4, 0.5) is 5.69 Å². The SMILES string of the molecule is COc1ccc2cc(C=Nc3c(C)n(C)n(-c4ccccc4)c3=O)c(Cl)nc2c1. The number of aromatic nitrogens is 3. The zero-order chi connectivity index (χ0) is 20.5. The smallest absolute Gasteiger partial charge is 0.297 e. The normalized spacial score (nSPS) is 11.4. The first-order valence-corrected chi connectivity index (χ1v) is 9.40. The monoisotopic (exact) mass is 406 g/mol. The number of ether oxygens (including phenoxy) is 1. The third-order valence-corrected chi connectivity index (χ3v) is 5.16. The van der Waals surface area contributed by atoms with E-state index in [1.807, 2.05) is 68.6 Å². The lowest BCUT2D eigenvalue weighted by Gasteiger charge is -2.07. The average Bonchev–Trinajstić information content (AvgIpc) is 2.95. The fourth-order valence-electron chi connectivity index (χ4n) is 3.19. The number of benzene rings is 2. The molecule has 0 aliphatic rings. The van der Waals surface area contributed by atoms with Crippen molar-refractivity contribution in [1.82, 2.24) is 14.3 Å². The zero-order valence-electron chi connectivity index (χ0n) is 16.3. The Morgan fingerprint density at radius 1 is 1.14 bits per heavy atom. The van der Waals surface area contributed by atoms with Gasteiger partial charge in [-0.05, 0) is 37.3 Å². The van der Waals surface area contributed by atoms with E-state index in [4.69, 9.17) is 16.3 Å². The van der Waals surface area contributed by atoms with Crippen molar-refractivity contribution in [2.75, 3.05) is 7.11 Å². The van der Waals surface area contributed by atoms with E-state index in [0.29, 0.717) is 22.2 Å². The highest BCUT2D eigenvalue weighted by atomic mass is 35.5. The molecule has 0 aliphatic heterocycles. The van der Waals surface area contributed by atoms with E-state index < -0.39 is 0 Å². The molecule has 0 spiro atoms. The van der Waals surface area contributed by atoms with Crippen LogP contribution in [0.3, 0.4) is 0 Å². The number of pyridine rings is 1. The quantitative estimate of drug-likeness (QED) is 0.371. The number of aliphatic imine (C=N–C) groups is 1. The Morgan fingerprint density at radius 3 is 2.62 bits per heavy atom. The van der Waals surface area contributed by atoms with Crippen molar-refractivity contribution in [2.24, 2.45) is 12.0 Å². The minimum atomic E-state index is -0.193. The summed E-state index contributed by atoms with van der Waals surface area (Å²) in [5.41, 5.74) is 3.07. The van der Waals surface area contributed by atoms with E-state index in [1.54, 1.807) is 22.7 Å². The minimum Gasteiger partial charge on any atom is -0.497 e. The Morgan fingerprint density at radius 2 is 1.90 bits per heavy atom. The zero-order valence-corrected chi connectivity index (χ0v) is 17.0. The van der Waals surface area contributed by atoms with Crippen LogP contribution in [0.2, 0.25) is 5.15 Å². The molecule has 0 radical (unpaired) electrons. The summed E-state index contributed by atoms with van der Waals surface area (Å²) in [5, 5.41) is 1.22. The highest BCUT2D eigenvalue weighted by Crippen LogP contribution is 2.24. The van der Waals surface area contributed by atoms with Gasteiger partial charge in [0.1, 0.15) is 10.9 Å². The van der Waals surface area contributed by atoms with E-state index >= 15 is 0 Å². The van der Waals surface area contributed by atoms with Gasteiger partial charge in [0.15, 0.2) is 5.69 Å². The molecule has 146 valence electrons. The molecular formula is C22H19ClN4O2. The van der Waals surface area contributed by atoms with Gasteiger partial charge in [-0.1, -0.05) is 29.8 Å². The van der Waals surface area contributed by atoms with Crippen LogP contribution in [0.15, 0.2) is 64.4 Å². The number of rotatable bonds is 4. The van der Waals surface area contributed by atoms with Crippen molar-refractivity contribution in [2.45, 2.75) is 6.92 Å². The number of nitrogens with zero attached hydrogens (tertiary/aromatic N) is 4. The van der Waals surface area contributed by atoms with E-state index in [-0.39, 0.29) is 5.56 Å². The number of fused-ring (bicyclic) bond motifs is 1. The van der Waals surface area contributed by atoms with Crippen molar-refractivity contribution in [3.05, 3.63) is 81.4 Å². The Balaban J connectivity index is 1.77. The molecule has 6 nitrogen and oxygen atoms in total. The van der Waals surface area contributed by atoms with Crippen LogP contribution in [-0.2, 0) is 7.05 Å². The number of halogens is 1. The second kappa shape index (κ2) is 7.56. The molecule has 0 aliphatic carbocycles. The van der Waals surface area contributed by atoms with Crippen LogP contribution in [0.25, 0.3) is 16.6 Å². The first-order valence-electron chi connectivity index (χ1n) is 9.02. The Labute approximate surface area is 172 Å². The molecule has 2 aromatic heterocycles. The lowest BCUT2D eigenvalue weighted by Crippen LogP contribution is -2.19. The molecule has 0 unspecified atom stereocenters. The highest BCUT2D eigenvalue weighted by Gasteiger charge is 2.15. The number of methoxy groups -OCH3 is 1. The maximum atomic E-state index is 13.0. The maximum absolute atomic E-state index is 13.0.